The van der Waals surface area contributed by atoms with E-state index in [1.165, 1.54) is 17.7 Å². The van der Waals surface area contributed by atoms with Crippen LogP contribution in [-0.2, 0) is 0 Å². The summed E-state index contributed by atoms with van der Waals surface area (Å²) in [7, 11) is 0. The maximum absolute atomic E-state index is 4.43. The summed E-state index contributed by atoms with van der Waals surface area (Å²) in [5.41, 5.74) is 2.53. The molecule has 0 amide bonds. The molecule has 0 saturated carbocycles. The SMILES string of the molecule is Cc1cccnc1[C@H]1C[C@@H](C)CN1. The van der Waals surface area contributed by atoms with Gasteiger partial charge >= 0.3 is 0 Å². The number of aryl methyl sites for hydroxylation is 1. The Kier molecular flexibility index (Phi) is 2.32. The number of hydrogen-bond acceptors (Lipinski definition) is 2. The van der Waals surface area contributed by atoms with Gasteiger partial charge in [0.2, 0.25) is 0 Å². The average Bonchev–Trinajstić information content (AvgIpc) is 2.53. The highest BCUT2D eigenvalue weighted by molar-refractivity contribution is 5.21. The van der Waals surface area contributed by atoms with Crippen LogP contribution in [0.3, 0.4) is 0 Å². The highest BCUT2D eigenvalue weighted by Gasteiger charge is 2.23. The highest BCUT2D eigenvalue weighted by Crippen LogP contribution is 2.26. The summed E-state index contributed by atoms with van der Waals surface area (Å²) >= 11 is 0. The fraction of sp³-hybridized carbons (Fsp3) is 0.545. The minimum Gasteiger partial charge on any atom is -0.308 e. The van der Waals surface area contributed by atoms with E-state index < -0.39 is 0 Å². The van der Waals surface area contributed by atoms with Gasteiger partial charge in [-0.1, -0.05) is 13.0 Å². The Morgan fingerprint density at radius 2 is 2.38 bits per heavy atom. The van der Waals surface area contributed by atoms with E-state index in [2.05, 4.69) is 30.2 Å². The van der Waals surface area contributed by atoms with E-state index in [1.54, 1.807) is 0 Å². The Balaban J connectivity index is 2.21. The molecule has 0 unspecified atom stereocenters. The normalized spacial score (nSPS) is 27.8. The van der Waals surface area contributed by atoms with E-state index in [9.17, 15) is 0 Å². The van der Waals surface area contributed by atoms with Gasteiger partial charge in [0.1, 0.15) is 0 Å². The van der Waals surface area contributed by atoms with Crippen molar-refractivity contribution in [2.45, 2.75) is 26.3 Å². The Bertz CT molecular complexity index is 296. The number of rotatable bonds is 1. The van der Waals surface area contributed by atoms with Gasteiger partial charge in [0.05, 0.1) is 11.7 Å². The number of nitrogens with zero attached hydrogens (tertiary/aromatic N) is 1. The van der Waals surface area contributed by atoms with Crippen molar-refractivity contribution in [2.75, 3.05) is 6.54 Å². The quantitative estimate of drug-likeness (QED) is 0.708. The van der Waals surface area contributed by atoms with Gasteiger partial charge in [-0.15, -0.1) is 0 Å². The van der Waals surface area contributed by atoms with Gasteiger partial charge in [-0.2, -0.15) is 0 Å². The molecule has 2 heterocycles. The first kappa shape index (κ1) is 8.70. The molecule has 1 aromatic heterocycles. The number of nitrogens with one attached hydrogen (secondary N) is 1. The molecule has 0 spiro atoms. The van der Waals surface area contributed by atoms with E-state index in [4.69, 9.17) is 0 Å². The number of pyridine rings is 1. The average molecular weight is 176 g/mol. The van der Waals surface area contributed by atoms with Gasteiger partial charge in [0, 0.05) is 6.20 Å². The molecule has 2 nitrogen and oxygen atoms in total. The molecule has 0 aliphatic carbocycles. The molecule has 70 valence electrons. The van der Waals surface area contributed by atoms with Crippen LogP contribution < -0.4 is 5.32 Å². The Hall–Kier alpha value is -0.890. The zero-order valence-electron chi connectivity index (χ0n) is 8.25. The van der Waals surface area contributed by atoms with Crippen LogP contribution in [0.4, 0.5) is 0 Å². The first-order valence-corrected chi connectivity index (χ1v) is 4.92. The van der Waals surface area contributed by atoms with Crippen molar-refractivity contribution < 1.29 is 0 Å². The van der Waals surface area contributed by atoms with E-state index in [1.807, 2.05) is 12.3 Å². The predicted molar refractivity (Wildman–Crippen MR) is 53.5 cm³/mol. The maximum atomic E-state index is 4.43. The molecule has 2 heteroatoms. The molecular weight excluding hydrogens is 160 g/mol. The standard InChI is InChI=1S/C11H16N2/c1-8-6-10(13-7-8)11-9(2)4-3-5-12-11/h3-5,8,10,13H,6-7H2,1-2H3/t8-,10-/m1/s1. The molecule has 1 saturated heterocycles. The summed E-state index contributed by atoms with van der Waals surface area (Å²) in [5, 5.41) is 3.50. The van der Waals surface area contributed by atoms with Gasteiger partial charge in [0.25, 0.3) is 0 Å². The molecule has 13 heavy (non-hydrogen) atoms. The van der Waals surface area contributed by atoms with Crippen LogP contribution in [0.5, 0.6) is 0 Å². The molecule has 0 radical (unpaired) electrons. The van der Waals surface area contributed by atoms with Crippen molar-refractivity contribution in [3.8, 4) is 0 Å². The fourth-order valence-corrected chi connectivity index (χ4v) is 1.98. The molecule has 1 N–H and O–H groups in total. The second-order valence-corrected chi connectivity index (χ2v) is 4.01. The summed E-state index contributed by atoms with van der Waals surface area (Å²) in [5.74, 6) is 0.784. The lowest BCUT2D eigenvalue weighted by Crippen LogP contribution is -2.15. The Morgan fingerprint density at radius 3 is 3.00 bits per heavy atom. The lowest BCUT2D eigenvalue weighted by Gasteiger charge is -2.11. The minimum absolute atomic E-state index is 0.483. The summed E-state index contributed by atoms with van der Waals surface area (Å²) < 4.78 is 0. The third-order valence-corrected chi connectivity index (χ3v) is 2.73. The summed E-state index contributed by atoms with van der Waals surface area (Å²) in [6.45, 7) is 5.54. The molecule has 0 bridgehead atoms. The van der Waals surface area contributed by atoms with E-state index in [-0.39, 0.29) is 0 Å². The Morgan fingerprint density at radius 1 is 1.54 bits per heavy atom. The second-order valence-electron chi connectivity index (χ2n) is 4.01. The van der Waals surface area contributed by atoms with Crippen LogP contribution in [0.15, 0.2) is 18.3 Å². The van der Waals surface area contributed by atoms with Gasteiger partial charge in [0.15, 0.2) is 0 Å². The third kappa shape index (κ3) is 1.73. The van der Waals surface area contributed by atoms with Gasteiger partial charge in [-0.3, -0.25) is 4.98 Å². The Labute approximate surface area is 79.4 Å². The monoisotopic (exact) mass is 176 g/mol. The zero-order chi connectivity index (χ0) is 9.26. The molecule has 2 rings (SSSR count). The molecule has 1 aromatic rings. The summed E-state index contributed by atoms with van der Waals surface area (Å²) in [6.07, 6.45) is 3.10. The fourth-order valence-electron chi connectivity index (χ4n) is 1.98. The maximum Gasteiger partial charge on any atom is 0.0602 e. The number of aromatic nitrogens is 1. The molecule has 0 aromatic carbocycles. The van der Waals surface area contributed by atoms with Gasteiger partial charge < -0.3 is 5.32 Å². The predicted octanol–water partition coefficient (Wildman–Crippen LogP) is 2.06. The number of hydrogen-bond donors (Lipinski definition) is 1. The van der Waals surface area contributed by atoms with E-state index in [0.29, 0.717) is 6.04 Å². The topological polar surface area (TPSA) is 24.9 Å². The largest absolute Gasteiger partial charge is 0.308 e. The van der Waals surface area contributed by atoms with Crippen LogP contribution >= 0.6 is 0 Å². The van der Waals surface area contributed by atoms with Gasteiger partial charge in [-0.05, 0) is 37.4 Å². The van der Waals surface area contributed by atoms with Crippen LogP contribution in [0, 0.1) is 12.8 Å². The molecule has 1 aliphatic heterocycles. The van der Waals surface area contributed by atoms with E-state index in [0.717, 1.165) is 12.5 Å². The third-order valence-electron chi connectivity index (χ3n) is 2.73. The first-order chi connectivity index (χ1) is 6.27. The summed E-state index contributed by atoms with van der Waals surface area (Å²) in [6, 6.07) is 4.61. The first-order valence-electron chi connectivity index (χ1n) is 4.92. The van der Waals surface area contributed by atoms with Crippen molar-refractivity contribution in [1.29, 1.82) is 0 Å². The van der Waals surface area contributed by atoms with Crippen LogP contribution in [0.2, 0.25) is 0 Å². The molecular formula is C11H16N2. The highest BCUT2D eigenvalue weighted by atomic mass is 15.0. The zero-order valence-corrected chi connectivity index (χ0v) is 8.25. The van der Waals surface area contributed by atoms with Gasteiger partial charge in [-0.25, -0.2) is 0 Å². The lowest BCUT2D eigenvalue weighted by atomic mass is 10.0. The van der Waals surface area contributed by atoms with Crippen molar-refractivity contribution in [2.24, 2.45) is 5.92 Å². The molecule has 2 atom stereocenters. The second kappa shape index (κ2) is 3.46. The van der Waals surface area contributed by atoms with Crippen LogP contribution in [0.1, 0.15) is 30.6 Å². The lowest BCUT2D eigenvalue weighted by molar-refractivity contribution is 0.596. The van der Waals surface area contributed by atoms with Crippen molar-refractivity contribution in [1.82, 2.24) is 10.3 Å². The smallest absolute Gasteiger partial charge is 0.0602 e. The van der Waals surface area contributed by atoms with Crippen LogP contribution in [0.25, 0.3) is 0 Å². The van der Waals surface area contributed by atoms with E-state index >= 15 is 0 Å². The van der Waals surface area contributed by atoms with Crippen molar-refractivity contribution in [3.63, 3.8) is 0 Å². The summed E-state index contributed by atoms with van der Waals surface area (Å²) in [4.78, 5) is 4.43. The minimum atomic E-state index is 0.483. The van der Waals surface area contributed by atoms with Crippen molar-refractivity contribution in [3.05, 3.63) is 29.6 Å². The molecule has 1 aliphatic rings. The molecule has 1 fully saturated rings. The van der Waals surface area contributed by atoms with Crippen LogP contribution in [-0.4, -0.2) is 11.5 Å². The van der Waals surface area contributed by atoms with Crippen molar-refractivity contribution >= 4 is 0 Å².